The number of nitrogens with zero attached hydrogens (tertiary/aromatic N) is 3. The summed E-state index contributed by atoms with van der Waals surface area (Å²) in [6, 6.07) is 7.67. The molecule has 3 aromatic rings. The third-order valence-corrected chi connectivity index (χ3v) is 3.15. The second-order valence-corrected chi connectivity index (χ2v) is 4.59. The number of aromatic amines is 1. The Balaban J connectivity index is 2.19. The summed E-state index contributed by atoms with van der Waals surface area (Å²) in [5.74, 6) is -0.696. The van der Waals surface area contributed by atoms with Gasteiger partial charge in [-0.1, -0.05) is 35.0 Å². The first-order chi connectivity index (χ1) is 10.1. The monoisotopic (exact) mass is 284 g/mol. The fourth-order valence-corrected chi connectivity index (χ4v) is 2.05. The third-order valence-electron chi connectivity index (χ3n) is 3.15. The Kier molecular flexibility index (Phi) is 3.02. The number of H-pyrrole nitrogens is 1. The molecule has 2 aromatic heterocycles. The van der Waals surface area contributed by atoms with Gasteiger partial charge < -0.3 is 9.72 Å². The first-order valence-corrected chi connectivity index (χ1v) is 6.24. The maximum Gasteiger partial charge on any atom is 0.361 e. The molecule has 0 unspecified atom stereocenters. The zero-order valence-corrected chi connectivity index (χ0v) is 11.5. The van der Waals surface area contributed by atoms with Crippen molar-refractivity contribution in [3.05, 3.63) is 52.1 Å². The summed E-state index contributed by atoms with van der Waals surface area (Å²) in [6.07, 6.45) is 1.61. The van der Waals surface area contributed by atoms with Crippen LogP contribution >= 0.6 is 0 Å². The molecule has 3 rings (SSSR count). The lowest BCUT2D eigenvalue weighted by Gasteiger charge is -2.03. The van der Waals surface area contributed by atoms with Crippen LogP contribution in [0.2, 0.25) is 0 Å². The van der Waals surface area contributed by atoms with E-state index in [9.17, 15) is 9.59 Å². The van der Waals surface area contributed by atoms with Gasteiger partial charge in [-0.2, -0.15) is 0 Å². The average Bonchev–Trinajstić information content (AvgIpc) is 2.91. The van der Waals surface area contributed by atoms with E-state index >= 15 is 0 Å². The van der Waals surface area contributed by atoms with Gasteiger partial charge in [0, 0.05) is 0 Å². The van der Waals surface area contributed by atoms with E-state index in [1.807, 2.05) is 31.2 Å². The van der Waals surface area contributed by atoms with Crippen molar-refractivity contribution in [1.82, 2.24) is 19.8 Å². The molecule has 7 nitrogen and oxygen atoms in total. The van der Waals surface area contributed by atoms with Crippen LogP contribution in [0.4, 0.5) is 0 Å². The van der Waals surface area contributed by atoms with Crippen LogP contribution in [0, 0.1) is 6.92 Å². The number of nitrogens with one attached hydrogen (secondary N) is 1. The number of methoxy groups -OCH3 is 1. The molecule has 0 amide bonds. The minimum Gasteiger partial charge on any atom is -0.464 e. The number of carbonyl (C=O) groups excluding carboxylic acids is 1. The van der Waals surface area contributed by atoms with Gasteiger partial charge in [0.25, 0.3) is 5.56 Å². The van der Waals surface area contributed by atoms with Crippen LogP contribution in [-0.2, 0) is 4.74 Å². The highest BCUT2D eigenvalue weighted by atomic mass is 16.5. The van der Waals surface area contributed by atoms with Crippen molar-refractivity contribution < 1.29 is 9.53 Å². The van der Waals surface area contributed by atoms with Crippen LogP contribution < -0.4 is 5.56 Å². The van der Waals surface area contributed by atoms with Crippen molar-refractivity contribution in [3.8, 4) is 11.3 Å². The Labute approximate surface area is 119 Å². The van der Waals surface area contributed by atoms with E-state index in [2.05, 4.69) is 20.0 Å². The van der Waals surface area contributed by atoms with Gasteiger partial charge in [0.1, 0.15) is 0 Å². The summed E-state index contributed by atoms with van der Waals surface area (Å²) < 4.78 is 5.86. The fraction of sp³-hybridized carbons (Fsp3) is 0.143. The van der Waals surface area contributed by atoms with Gasteiger partial charge in [-0.3, -0.25) is 4.79 Å². The summed E-state index contributed by atoms with van der Waals surface area (Å²) in [4.78, 5) is 26.4. The normalized spacial score (nSPS) is 10.8. The molecule has 0 saturated carbocycles. The molecular formula is C14H12N4O3. The number of carbonyl (C=O) groups is 1. The SMILES string of the molecule is COC(=O)c1nnn2cc(-c3ccc(C)cc3)[nH]c(=O)c12. The van der Waals surface area contributed by atoms with Crippen molar-refractivity contribution in [3.63, 3.8) is 0 Å². The number of ether oxygens (including phenoxy) is 1. The Morgan fingerprint density at radius 3 is 2.67 bits per heavy atom. The Hall–Kier alpha value is -2.96. The molecule has 7 heteroatoms. The Morgan fingerprint density at radius 1 is 1.29 bits per heavy atom. The Bertz CT molecular complexity index is 877. The quantitative estimate of drug-likeness (QED) is 0.714. The minimum atomic E-state index is -0.696. The first kappa shape index (κ1) is 13.0. The molecule has 2 heterocycles. The van der Waals surface area contributed by atoms with Crippen molar-refractivity contribution >= 4 is 11.5 Å². The average molecular weight is 284 g/mol. The molecule has 1 N–H and O–H groups in total. The molecule has 0 aliphatic rings. The van der Waals surface area contributed by atoms with Gasteiger partial charge in [-0.25, -0.2) is 9.31 Å². The molecule has 1 aromatic carbocycles. The van der Waals surface area contributed by atoms with Crippen LogP contribution in [0.1, 0.15) is 16.1 Å². The number of fused-ring (bicyclic) bond motifs is 1. The highest BCUT2D eigenvalue weighted by Crippen LogP contribution is 2.16. The lowest BCUT2D eigenvalue weighted by Crippen LogP contribution is -2.14. The number of aryl methyl sites for hydroxylation is 1. The molecule has 106 valence electrons. The van der Waals surface area contributed by atoms with Crippen LogP contribution in [-0.4, -0.2) is 32.9 Å². The molecule has 0 atom stereocenters. The number of benzene rings is 1. The van der Waals surface area contributed by atoms with Crippen LogP contribution in [0.3, 0.4) is 0 Å². The van der Waals surface area contributed by atoms with Gasteiger partial charge in [-0.15, -0.1) is 5.10 Å². The standard InChI is InChI=1S/C14H12N4O3/c1-8-3-5-9(6-4-8)10-7-18-12(13(19)15-10)11(16-17-18)14(20)21-2/h3-7H,1-2H3,(H,15,19). The van der Waals surface area contributed by atoms with E-state index in [0.29, 0.717) is 5.69 Å². The van der Waals surface area contributed by atoms with Gasteiger partial charge in [0.15, 0.2) is 5.52 Å². The molecule has 0 bridgehead atoms. The molecule has 21 heavy (non-hydrogen) atoms. The van der Waals surface area contributed by atoms with Crippen molar-refractivity contribution in [1.29, 1.82) is 0 Å². The van der Waals surface area contributed by atoms with E-state index in [4.69, 9.17) is 0 Å². The maximum atomic E-state index is 12.2. The molecule has 0 saturated heterocycles. The predicted octanol–water partition coefficient (Wildman–Crippen LogP) is 1.18. The lowest BCUT2D eigenvalue weighted by molar-refractivity contribution is 0.0596. The zero-order chi connectivity index (χ0) is 15.0. The number of aromatic nitrogens is 4. The third kappa shape index (κ3) is 2.18. The maximum absolute atomic E-state index is 12.2. The molecule has 0 fully saturated rings. The van der Waals surface area contributed by atoms with E-state index in [1.54, 1.807) is 6.20 Å². The van der Waals surface area contributed by atoms with Gasteiger partial charge in [-0.05, 0) is 12.5 Å². The van der Waals surface area contributed by atoms with E-state index in [1.165, 1.54) is 11.6 Å². The van der Waals surface area contributed by atoms with Gasteiger partial charge in [0.05, 0.1) is 19.0 Å². The lowest BCUT2D eigenvalue weighted by atomic mass is 10.1. The number of rotatable bonds is 2. The van der Waals surface area contributed by atoms with Crippen molar-refractivity contribution in [2.24, 2.45) is 0 Å². The smallest absolute Gasteiger partial charge is 0.361 e. The molecule has 0 aliphatic carbocycles. The molecular weight excluding hydrogens is 272 g/mol. The number of hydrogen-bond acceptors (Lipinski definition) is 5. The fourth-order valence-electron chi connectivity index (χ4n) is 2.05. The highest BCUT2D eigenvalue weighted by Gasteiger charge is 2.19. The molecule has 0 aliphatic heterocycles. The van der Waals surface area contributed by atoms with E-state index in [0.717, 1.165) is 11.1 Å². The summed E-state index contributed by atoms with van der Waals surface area (Å²) in [6.45, 7) is 1.98. The van der Waals surface area contributed by atoms with Gasteiger partial charge >= 0.3 is 5.97 Å². The van der Waals surface area contributed by atoms with Crippen LogP contribution in [0.15, 0.2) is 35.3 Å². The number of hydrogen-bond donors (Lipinski definition) is 1. The first-order valence-electron chi connectivity index (χ1n) is 6.24. The summed E-state index contributed by atoms with van der Waals surface area (Å²) in [5, 5.41) is 7.49. The second-order valence-electron chi connectivity index (χ2n) is 4.59. The molecule has 0 radical (unpaired) electrons. The Morgan fingerprint density at radius 2 is 2.00 bits per heavy atom. The van der Waals surface area contributed by atoms with Crippen LogP contribution in [0.25, 0.3) is 16.8 Å². The summed E-state index contributed by atoms with van der Waals surface area (Å²) >= 11 is 0. The second kappa shape index (κ2) is 4.86. The zero-order valence-electron chi connectivity index (χ0n) is 11.5. The molecule has 0 spiro atoms. The van der Waals surface area contributed by atoms with Crippen molar-refractivity contribution in [2.75, 3.05) is 7.11 Å². The minimum absolute atomic E-state index is 0.0673. The summed E-state index contributed by atoms with van der Waals surface area (Å²) in [5.41, 5.74) is 2.07. The van der Waals surface area contributed by atoms with E-state index in [-0.39, 0.29) is 11.2 Å². The summed E-state index contributed by atoms with van der Waals surface area (Å²) in [7, 11) is 1.22. The van der Waals surface area contributed by atoms with Crippen LogP contribution in [0.5, 0.6) is 0 Å². The highest BCUT2D eigenvalue weighted by molar-refractivity contribution is 5.94. The number of esters is 1. The van der Waals surface area contributed by atoms with E-state index < -0.39 is 11.5 Å². The van der Waals surface area contributed by atoms with Crippen molar-refractivity contribution in [2.45, 2.75) is 6.92 Å². The van der Waals surface area contributed by atoms with Gasteiger partial charge in [0.2, 0.25) is 5.69 Å². The predicted molar refractivity (Wildman–Crippen MR) is 75.1 cm³/mol. The topological polar surface area (TPSA) is 89.3 Å². The largest absolute Gasteiger partial charge is 0.464 e.